The lowest BCUT2D eigenvalue weighted by Crippen LogP contribution is -2.27. The van der Waals surface area contributed by atoms with Crippen molar-refractivity contribution in [2.24, 2.45) is 11.8 Å². The van der Waals surface area contributed by atoms with Gasteiger partial charge in [0.2, 0.25) is 0 Å². The zero-order valence-electron chi connectivity index (χ0n) is 8.29. The maximum atomic E-state index is 9.86. The fourth-order valence-corrected chi connectivity index (χ4v) is 1.79. The third kappa shape index (κ3) is 2.20. The van der Waals surface area contributed by atoms with Crippen LogP contribution >= 0.6 is 0 Å². The molecule has 1 heterocycles. The summed E-state index contributed by atoms with van der Waals surface area (Å²) in [6, 6.07) is 0. The van der Waals surface area contributed by atoms with E-state index < -0.39 is 0 Å². The first-order valence-electron chi connectivity index (χ1n) is 4.94. The molecular formula is C10H20O2. The molecule has 0 aromatic carbocycles. The lowest BCUT2D eigenvalue weighted by molar-refractivity contribution is 0.0448. The summed E-state index contributed by atoms with van der Waals surface area (Å²) in [7, 11) is 0. The molecule has 4 atom stereocenters. The summed E-state index contributed by atoms with van der Waals surface area (Å²) in [5.74, 6) is 0.777. The maximum absolute atomic E-state index is 9.86. The van der Waals surface area contributed by atoms with E-state index in [-0.39, 0.29) is 6.10 Å². The first kappa shape index (κ1) is 10.0. The number of aliphatic hydroxyl groups is 1. The average molecular weight is 172 g/mol. The quantitative estimate of drug-likeness (QED) is 0.703. The van der Waals surface area contributed by atoms with Gasteiger partial charge in [0.15, 0.2) is 0 Å². The first-order chi connectivity index (χ1) is 5.65. The highest BCUT2D eigenvalue weighted by Crippen LogP contribution is 2.26. The van der Waals surface area contributed by atoms with E-state index in [9.17, 15) is 5.11 Å². The van der Waals surface area contributed by atoms with E-state index in [0.29, 0.717) is 17.9 Å². The fourth-order valence-electron chi connectivity index (χ4n) is 1.79. The highest BCUT2D eigenvalue weighted by molar-refractivity contribution is 4.79. The minimum Gasteiger partial charge on any atom is -0.392 e. The van der Waals surface area contributed by atoms with E-state index in [1.54, 1.807) is 0 Å². The molecule has 1 fully saturated rings. The summed E-state index contributed by atoms with van der Waals surface area (Å²) in [6.07, 6.45) is 2.24. The van der Waals surface area contributed by atoms with E-state index >= 15 is 0 Å². The molecule has 0 amide bonds. The molecule has 0 spiro atoms. The molecule has 0 radical (unpaired) electrons. The minimum absolute atomic E-state index is 0.167. The van der Waals surface area contributed by atoms with Crippen LogP contribution in [0.1, 0.15) is 33.6 Å². The molecule has 2 heteroatoms. The summed E-state index contributed by atoms with van der Waals surface area (Å²) in [5.41, 5.74) is 0. The largest absolute Gasteiger partial charge is 0.392 e. The van der Waals surface area contributed by atoms with Crippen molar-refractivity contribution in [3.8, 4) is 0 Å². The van der Waals surface area contributed by atoms with Crippen LogP contribution in [0.25, 0.3) is 0 Å². The monoisotopic (exact) mass is 172 g/mol. The van der Waals surface area contributed by atoms with Gasteiger partial charge >= 0.3 is 0 Å². The number of hydrogen-bond donors (Lipinski definition) is 1. The highest BCUT2D eigenvalue weighted by Gasteiger charge is 2.30. The molecule has 12 heavy (non-hydrogen) atoms. The van der Waals surface area contributed by atoms with Crippen LogP contribution in [0.3, 0.4) is 0 Å². The molecule has 1 aliphatic rings. The molecule has 72 valence electrons. The van der Waals surface area contributed by atoms with Crippen molar-refractivity contribution in [2.45, 2.75) is 45.8 Å². The number of rotatable bonds is 3. The van der Waals surface area contributed by atoms with Gasteiger partial charge in [0.05, 0.1) is 18.8 Å². The van der Waals surface area contributed by atoms with E-state index in [4.69, 9.17) is 4.74 Å². The Morgan fingerprint density at radius 3 is 2.67 bits per heavy atom. The zero-order valence-corrected chi connectivity index (χ0v) is 8.29. The number of aliphatic hydroxyl groups excluding tert-OH is 1. The van der Waals surface area contributed by atoms with Crippen molar-refractivity contribution in [1.82, 2.24) is 0 Å². The predicted octanol–water partition coefficient (Wildman–Crippen LogP) is 1.82. The van der Waals surface area contributed by atoms with Crippen LogP contribution in [0.2, 0.25) is 0 Å². The van der Waals surface area contributed by atoms with Gasteiger partial charge < -0.3 is 9.84 Å². The van der Waals surface area contributed by atoms with Crippen LogP contribution in [0.15, 0.2) is 0 Å². The lowest BCUT2D eigenvalue weighted by atomic mass is 9.89. The molecule has 0 bridgehead atoms. The van der Waals surface area contributed by atoms with E-state index in [1.807, 2.05) is 0 Å². The second-order valence-corrected chi connectivity index (χ2v) is 4.02. The van der Waals surface area contributed by atoms with Gasteiger partial charge in [0, 0.05) is 5.92 Å². The fraction of sp³-hybridized carbons (Fsp3) is 1.00. The van der Waals surface area contributed by atoms with Gasteiger partial charge in [-0.05, 0) is 19.3 Å². The van der Waals surface area contributed by atoms with Crippen LogP contribution in [-0.4, -0.2) is 23.9 Å². The van der Waals surface area contributed by atoms with Crippen molar-refractivity contribution in [1.29, 1.82) is 0 Å². The van der Waals surface area contributed by atoms with Gasteiger partial charge in [-0.25, -0.2) is 0 Å². The SMILES string of the molecule is CCC(C)C(O)C1COC(C)C1. The molecule has 1 rings (SSSR count). The summed E-state index contributed by atoms with van der Waals surface area (Å²) >= 11 is 0. The second-order valence-electron chi connectivity index (χ2n) is 4.02. The highest BCUT2D eigenvalue weighted by atomic mass is 16.5. The first-order valence-corrected chi connectivity index (χ1v) is 4.94. The Hall–Kier alpha value is -0.0800. The lowest BCUT2D eigenvalue weighted by Gasteiger charge is -2.22. The van der Waals surface area contributed by atoms with Gasteiger partial charge in [0.25, 0.3) is 0 Å². The summed E-state index contributed by atoms with van der Waals surface area (Å²) in [5, 5.41) is 9.86. The number of ether oxygens (including phenoxy) is 1. The summed E-state index contributed by atoms with van der Waals surface area (Å²) in [4.78, 5) is 0. The Morgan fingerprint density at radius 2 is 2.25 bits per heavy atom. The Labute approximate surface area is 74.9 Å². The molecule has 0 aliphatic carbocycles. The van der Waals surface area contributed by atoms with Crippen molar-refractivity contribution in [3.05, 3.63) is 0 Å². The third-order valence-electron chi connectivity index (χ3n) is 2.94. The van der Waals surface area contributed by atoms with Gasteiger partial charge in [-0.15, -0.1) is 0 Å². The normalized spacial score (nSPS) is 35.0. The molecule has 1 aliphatic heterocycles. The van der Waals surface area contributed by atoms with E-state index in [1.165, 1.54) is 0 Å². The average Bonchev–Trinajstić information content (AvgIpc) is 2.49. The van der Waals surface area contributed by atoms with Crippen molar-refractivity contribution < 1.29 is 9.84 Å². The van der Waals surface area contributed by atoms with E-state index in [2.05, 4.69) is 20.8 Å². The van der Waals surface area contributed by atoms with Crippen molar-refractivity contribution in [3.63, 3.8) is 0 Å². The topological polar surface area (TPSA) is 29.5 Å². The maximum Gasteiger partial charge on any atom is 0.0616 e. The minimum atomic E-state index is -0.167. The smallest absolute Gasteiger partial charge is 0.0616 e. The van der Waals surface area contributed by atoms with Crippen molar-refractivity contribution >= 4 is 0 Å². The zero-order chi connectivity index (χ0) is 9.14. The van der Waals surface area contributed by atoms with Crippen LogP contribution in [0.5, 0.6) is 0 Å². The van der Waals surface area contributed by atoms with Crippen LogP contribution in [-0.2, 0) is 4.74 Å². The van der Waals surface area contributed by atoms with Gasteiger partial charge in [-0.2, -0.15) is 0 Å². The summed E-state index contributed by atoms with van der Waals surface area (Å²) in [6.45, 7) is 7.04. The van der Waals surface area contributed by atoms with Gasteiger partial charge in [-0.1, -0.05) is 20.3 Å². The van der Waals surface area contributed by atoms with Gasteiger partial charge in [-0.3, -0.25) is 0 Å². The Morgan fingerprint density at radius 1 is 1.58 bits per heavy atom. The number of hydrogen-bond acceptors (Lipinski definition) is 2. The molecule has 0 aromatic rings. The molecule has 0 saturated carbocycles. The Bertz CT molecular complexity index is 136. The predicted molar refractivity (Wildman–Crippen MR) is 49.0 cm³/mol. The molecule has 2 nitrogen and oxygen atoms in total. The Kier molecular flexibility index (Phi) is 3.53. The van der Waals surface area contributed by atoms with Crippen molar-refractivity contribution in [2.75, 3.05) is 6.61 Å². The molecule has 0 aromatic heterocycles. The Balaban J connectivity index is 2.37. The second kappa shape index (κ2) is 4.24. The van der Waals surface area contributed by atoms with Crippen LogP contribution in [0, 0.1) is 11.8 Å². The third-order valence-corrected chi connectivity index (χ3v) is 2.94. The molecule has 1 saturated heterocycles. The standard InChI is InChI=1S/C10H20O2/c1-4-7(2)10(11)9-5-8(3)12-6-9/h7-11H,4-6H2,1-3H3. The van der Waals surface area contributed by atoms with Crippen LogP contribution < -0.4 is 0 Å². The van der Waals surface area contributed by atoms with Gasteiger partial charge in [0.1, 0.15) is 0 Å². The van der Waals surface area contributed by atoms with Crippen LogP contribution in [0.4, 0.5) is 0 Å². The molecule has 4 unspecified atom stereocenters. The molecular weight excluding hydrogens is 152 g/mol. The van der Waals surface area contributed by atoms with E-state index in [0.717, 1.165) is 19.4 Å². The molecule has 1 N–H and O–H groups in total. The summed E-state index contributed by atoms with van der Waals surface area (Å²) < 4.78 is 5.42.